The van der Waals surface area contributed by atoms with E-state index in [1.807, 2.05) is 6.92 Å². The summed E-state index contributed by atoms with van der Waals surface area (Å²) < 4.78 is 0. The van der Waals surface area contributed by atoms with Crippen LogP contribution in [0.4, 0.5) is 5.69 Å². The van der Waals surface area contributed by atoms with E-state index in [1.54, 1.807) is 24.3 Å². The fraction of sp³-hybridized carbons (Fsp3) is 0.286. The molecule has 2 atom stereocenters. The lowest BCUT2D eigenvalue weighted by molar-refractivity contribution is -0.524. The molecule has 0 spiro atoms. The summed E-state index contributed by atoms with van der Waals surface area (Å²) in [7, 11) is 0. The van der Waals surface area contributed by atoms with Gasteiger partial charge in [-0.1, -0.05) is 31.2 Å². The number of hydrogen-bond acceptors (Lipinski definition) is 6. The Hall–Kier alpha value is -3.73. The molecule has 2 aromatic carbocycles. The normalized spacial score (nSPS) is 12.4. The van der Waals surface area contributed by atoms with Gasteiger partial charge in [0.15, 0.2) is 0 Å². The number of nitrogens with zero attached hydrogens (tertiary/aromatic N) is 2. The monoisotopic (exact) mass is 394 g/mol. The molecular formula is C21H20N3O5-. The summed E-state index contributed by atoms with van der Waals surface area (Å²) in [5.41, 5.74) is 1.26. The van der Waals surface area contributed by atoms with Crippen LogP contribution in [0.25, 0.3) is 0 Å². The van der Waals surface area contributed by atoms with Crippen LogP contribution in [0.1, 0.15) is 53.4 Å². The Balaban J connectivity index is 2.33. The van der Waals surface area contributed by atoms with Gasteiger partial charge in [-0.05, 0) is 42.2 Å². The molecule has 0 bridgehead atoms. The number of amides is 1. The van der Waals surface area contributed by atoms with E-state index in [0.717, 1.165) is 5.56 Å². The molecule has 1 N–H and O–H groups in total. The van der Waals surface area contributed by atoms with Crippen LogP contribution < -0.4 is 10.4 Å². The summed E-state index contributed by atoms with van der Waals surface area (Å²) in [6, 6.07) is 11.6. The van der Waals surface area contributed by atoms with Crippen molar-refractivity contribution in [1.29, 1.82) is 5.26 Å². The van der Waals surface area contributed by atoms with E-state index >= 15 is 0 Å². The summed E-state index contributed by atoms with van der Waals surface area (Å²) in [6.07, 6.45) is 0.776. The highest BCUT2D eigenvalue weighted by atomic mass is 16.6. The van der Waals surface area contributed by atoms with Crippen molar-refractivity contribution in [2.75, 3.05) is 5.32 Å². The zero-order chi connectivity index (χ0) is 21.6. The van der Waals surface area contributed by atoms with Crippen molar-refractivity contribution >= 4 is 17.6 Å². The Kier molecular flexibility index (Phi) is 7.04. The Labute approximate surface area is 167 Å². The lowest BCUT2D eigenvalue weighted by Crippen LogP contribution is -2.27. The lowest BCUT2D eigenvalue weighted by atomic mass is 9.93. The molecule has 29 heavy (non-hydrogen) atoms. The molecule has 0 heterocycles. The van der Waals surface area contributed by atoms with Crippen LogP contribution in [-0.4, -0.2) is 16.8 Å². The number of rotatable bonds is 8. The zero-order valence-corrected chi connectivity index (χ0v) is 16.0. The van der Waals surface area contributed by atoms with Crippen LogP contribution >= 0.6 is 0 Å². The Bertz CT molecular complexity index is 981. The molecule has 0 radical (unpaired) electrons. The number of aromatic carboxylic acids is 1. The van der Waals surface area contributed by atoms with Crippen molar-refractivity contribution in [2.24, 2.45) is 5.92 Å². The molecule has 0 aliphatic heterocycles. The molecule has 8 heteroatoms. The number of nitro groups is 1. The first-order valence-electron chi connectivity index (χ1n) is 9.06. The van der Waals surface area contributed by atoms with Crippen molar-refractivity contribution in [2.45, 2.75) is 32.7 Å². The minimum atomic E-state index is -1.45. The van der Waals surface area contributed by atoms with Gasteiger partial charge in [-0.3, -0.25) is 14.9 Å². The highest BCUT2D eigenvalue weighted by molar-refractivity contribution is 5.95. The highest BCUT2D eigenvalue weighted by Gasteiger charge is 2.24. The minimum absolute atomic E-state index is 0.0629. The average molecular weight is 394 g/mol. The maximum atomic E-state index is 12.8. The van der Waals surface area contributed by atoms with Gasteiger partial charge in [0.1, 0.15) is 0 Å². The second kappa shape index (κ2) is 9.46. The largest absolute Gasteiger partial charge is 0.545 e. The molecule has 8 nitrogen and oxygen atoms in total. The van der Waals surface area contributed by atoms with E-state index in [0.29, 0.717) is 18.4 Å². The zero-order valence-electron chi connectivity index (χ0n) is 16.0. The first kappa shape index (κ1) is 21.6. The summed E-state index contributed by atoms with van der Waals surface area (Å²) in [5.74, 6) is -2.36. The third-order valence-electron chi connectivity index (χ3n) is 4.78. The maximum Gasteiger partial charge on any atom is 0.237 e. The van der Waals surface area contributed by atoms with Crippen molar-refractivity contribution < 1.29 is 19.6 Å². The summed E-state index contributed by atoms with van der Waals surface area (Å²) >= 11 is 0. The number of nitrogens with one attached hydrogen (secondary N) is 1. The summed E-state index contributed by atoms with van der Waals surface area (Å²) in [5, 5.41) is 34.2. The topological polar surface area (TPSA) is 136 Å². The van der Waals surface area contributed by atoms with Crippen molar-refractivity contribution in [3.63, 3.8) is 0 Å². The predicted molar refractivity (Wildman–Crippen MR) is 103 cm³/mol. The molecule has 0 aliphatic carbocycles. The number of carboxylic acid groups (broad SMARTS) is 1. The van der Waals surface area contributed by atoms with Gasteiger partial charge in [0.05, 0.1) is 23.3 Å². The van der Waals surface area contributed by atoms with Gasteiger partial charge in [-0.15, -0.1) is 0 Å². The average Bonchev–Trinajstić information content (AvgIpc) is 2.71. The molecule has 2 unspecified atom stereocenters. The SMILES string of the molecule is CCC(Cc1ccccc1C#N)C(=O)Nc1cc(C(=O)[O-])ccc1C(C)[N+](=O)[O-]. The highest BCUT2D eigenvalue weighted by Crippen LogP contribution is 2.27. The second-order valence-corrected chi connectivity index (χ2v) is 6.62. The smallest absolute Gasteiger partial charge is 0.237 e. The number of carboxylic acids is 1. The van der Waals surface area contributed by atoms with E-state index in [-0.39, 0.29) is 16.8 Å². The van der Waals surface area contributed by atoms with Crippen molar-refractivity contribution in [3.05, 3.63) is 74.8 Å². The fourth-order valence-electron chi connectivity index (χ4n) is 3.00. The van der Waals surface area contributed by atoms with Gasteiger partial charge >= 0.3 is 0 Å². The van der Waals surface area contributed by atoms with Gasteiger partial charge in [0.2, 0.25) is 11.9 Å². The van der Waals surface area contributed by atoms with Crippen LogP contribution in [-0.2, 0) is 11.2 Å². The molecule has 150 valence electrons. The molecular weight excluding hydrogens is 374 g/mol. The molecule has 2 rings (SSSR count). The van der Waals surface area contributed by atoms with Crippen molar-refractivity contribution in [3.8, 4) is 6.07 Å². The van der Waals surface area contributed by atoms with Crippen LogP contribution in [0.3, 0.4) is 0 Å². The fourth-order valence-corrected chi connectivity index (χ4v) is 3.00. The van der Waals surface area contributed by atoms with E-state index < -0.39 is 28.8 Å². The lowest BCUT2D eigenvalue weighted by Gasteiger charge is -2.19. The maximum absolute atomic E-state index is 12.8. The third-order valence-corrected chi connectivity index (χ3v) is 4.78. The van der Waals surface area contributed by atoms with E-state index in [9.17, 15) is 30.1 Å². The molecule has 2 aromatic rings. The van der Waals surface area contributed by atoms with Gasteiger partial charge in [-0.25, -0.2) is 0 Å². The van der Waals surface area contributed by atoms with E-state index in [2.05, 4.69) is 11.4 Å². The molecule has 0 aliphatic rings. The number of anilines is 1. The number of benzene rings is 2. The predicted octanol–water partition coefficient (Wildman–Crippen LogP) is 2.47. The molecule has 0 saturated carbocycles. The van der Waals surface area contributed by atoms with Crippen LogP contribution in [0.5, 0.6) is 0 Å². The molecule has 0 aromatic heterocycles. The third kappa shape index (κ3) is 5.17. The van der Waals surface area contributed by atoms with Crippen LogP contribution in [0, 0.1) is 27.4 Å². The van der Waals surface area contributed by atoms with Gasteiger partial charge < -0.3 is 15.2 Å². The number of nitriles is 1. The summed E-state index contributed by atoms with van der Waals surface area (Å²) in [4.78, 5) is 34.7. The molecule has 0 saturated heterocycles. The van der Waals surface area contributed by atoms with Crippen molar-refractivity contribution in [1.82, 2.24) is 0 Å². The van der Waals surface area contributed by atoms with Gasteiger partial charge in [0.25, 0.3) is 0 Å². The first-order chi connectivity index (χ1) is 13.8. The Morgan fingerprint density at radius 1 is 1.24 bits per heavy atom. The van der Waals surface area contributed by atoms with E-state index in [1.165, 1.54) is 25.1 Å². The summed E-state index contributed by atoms with van der Waals surface area (Å²) in [6.45, 7) is 3.17. The number of carbonyl (C=O) groups excluding carboxylic acids is 2. The van der Waals surface area contributed by atoms with E-state index in [4.69, 9.17) is 0 Å². The number of hydrogen-bond donors (Lipinski definition) is 1. The molecule has 0 fully saturated rings. The number of carbonyl (C=O) groups is 2. The minimum Gasteiger partial charge on any atom is -0.545 e. The van der Waals surface area contributed by atoms with Gasteiger partial charge in [0, 0.05) is 23.3 Å². The molecule has 1 amide bonds. The first-order valence-corrected chi connectivity index (χ1v) is 9.06. The second-order valence-electron chi connectivity index (χ2n) is 6.62. The van der Waals surface area contributed by atoms with Crippen LogP contribution in [0.15, 0.2) is 42.5 Å². The standard InChI is InChI=1S/C21H21N3O5/c1-3-14(10-15-6-4-5-7-17(15)12-22)20(25)23-19-11-16(21(26)27)8-9-18(19)13(2)24(28)29/h4-9,11,13-14H,3,10H2,1-2H3,(H,23,25)(H,26,27)/p-1. The van der Waals surface area contributed by atoms with Gasteiger partial charge in [-0.2, -0.15) is 5.26 Å². The Morgan fingerprint density at radius 3 is 2.52 bits per heavy atom. The Morgan fingerprint density at radius 2 is 1.93 bits per heavy atom. The van der Waals surface area contributed by atoms with Crippen LogP contribution in [0.2, 0.25) is 0 Å². The quantitative estimate of drug-likeness (QED) is 0.539.